The molecule has 1 aromatic heterocycles. The Kier molecular flexibility index (Phi) is 4.41. The van der Waals surface area contributed by atoms with Crippen molar-refractivity contribution in [3.63, 3.8) is 0 Å². The van der Waals surface area contributed by atoms with Crippen LogP contribution in [-0.2, 0) is 6.61 Å². The van der Waals surface area contributed by atoms with Crippen LogP contribution in [0.2, 0.25) is 0 Å². The molecule has 7 heteroatoms. The minimum atomic E-state index is 0.0185. The first-order valence-electron chi connectivity index (χ1n) is 5.83. The fourth-order valence-corrected chi connectivity index (χ4v) is 2.23. The van der Waals surface area contributed by atoms with Gasteiger partial charge in [-0.25, -0.2) is 4.98 Å². The molecule has 2 rings (SSSR count). The maximum absolute atomic E-state index is 8.66. The third kappa shape index (κ3) is 3.18. The van der Waals surface area contributed by atoms with E-state index in [2.05, 4.69) is 10.1 Å². The first-order chi connectivity index (χ1) is 9.63. The molecule has 0 saturated carbocycles. The Bertz CT molecular complexity index is 625. The molecule has 2 aromatic rings. The van der Waals surface area contributed by atoms with E-state index in [0.29, 0.717) is 23.7 Å². The summed E-state index contributed by atoms with van der Waals surface area (Å²) in [6.45, 7) is 2.31. The number of oxime groups is 1. The molecule has 0 spiro atoms. The van der Waals surface area contributed by atoms with Crippen LogP contribution < -0.4 is 15.2 Å². The van der Waals surface area contributed by atoms with Gasteiger partial charge in [-0.2, -0.15) is 0 Å². The quantitative estimate of drug-likeness (QED) is 0.381. The van der Waals surface area contributed by atoms with Gasteiger partial charge < -0.3 is 20.4 Å². The lowest BCUT2D eigenvalue weighted by Crippen LogP contribution is -2.13. The fourth-order valence-electron chi connectivity index (χ4n) is 1.63. The Morgan fingerprint density at radius 2 is 2.25 bits per heavy atom. The maximum Gasteiger partial charge on any atom is 0.170 e. The van der Waals surface area contributed by atoms with E-state index < -0.39 is 0 Å². The van der Waals surface area contributed by atoms with E-state index >= 15 is 0 Å². The van der Waals surface area contributed by atoms with E-state index in [1.807, 2.05) is 12.3 Å². The number of ether oxygens (including phenoxy) is 2. The SMILES string of the molecule is COc1cc(C(N)=NO)ccc1OCc1csc(C)n1. The number of nitrogens with zero attached hydrogens (tertiary/aromatic N) is 2. The van der Waals surface area contributed by atoms with Crippen molar-refractivity contribution in [1.82, 2.24) is 4.98 Å². The normalized spacial score (nSPS) is 11.4. The zero-order valence-corrected chi connectivity index (χ0v) is 12.0. The molecule has 0 aliphatic rings. The molecule has 106 valence electrons. The molecule has 0 unspecified atom stereocenters. The number of benzene rings is 1. The molecule has 0 bridgehead atoms. The molecule has 6 nitrogen and oxygen atoms in total. The first-order valence-corrected chi connectivity index (χ1v) is 6.71. The highest BCUT2D eigenvalue weighted by Gasteiger charge is 2.09. The summed E-state index contributed by atoms with van der Waals surface area (Å²) in [5, 5.41) is 14.6. The maximum atomic E-state index is 8.66. The molecule has 0 fully saturated rings. The van der Waals surface area contributed by atoms with Crippen LogP contribution in [-0.4, -0.2) is 23.1 Å². The Morgan fingerprint density at radius 3 is 2.85 bits per heavy atom. The van der Waals surface area contributed by atoms with Gasteiger partial charge in [0.25, 0.3) is 0 Å². The van der Waals surface area contributed by atoms with Crippen molar-refractivity contribution < 1.29 is 14.7 Å². The molecule has 3 N–H and O–H groups in total. The number of hydrogen-bond acceptors (Lipinski definition) is 6. The van der Waals surface area contributed by atoms with E-state index in [1.54, 1.807) is 29.5 Å². The third-order valence-corrected chi connectivity index (χ3v) is 3.43. The van der Waals surface area contributed by atoms with Crippen LogP contribution in [0.1, 0.15) is 16.3 Å². The van der Waals surface area contributed by atoms with E-state index in [1.165, 1.54) is 7.11 Å². The van der Waals surface area contributed by atoms with Crippen LogP contribution in [0.4, 0.5) is 0 Å². The van der Waals surface area contributed by atoms with Crippen molar-refractivity contribution >= 4 is 17.2 Å². The number of nitrogens with two attached hydrogens (primary N) is 1. The van der Waals surface area contributed by atoms with Gasteiger partial charge in [-0.05, 0) is 25.1 Å². The van der Waals surface area contributed by atoms with Gasteiger partial charge >= 0.3 is 0 Å². The topological polar surface area (TPSA) is 90.0 Å². The van der Waals surface area contributed by atoms with Crippen LogP contribution in [0.15, 0.2) is 28.7 Å². The summed E-state index contributed by atoms with van der Waals surface area (Å²) in [6.07, 6.45) is 0. The molecule has 0 aliphatic heterocycles. The van der Waals surface area contributed by atoms with Crippen molar-refractivity contribution in [3.8, 4) is 11.5 Å². The zero-order chi connectivity index (χ0) is 14.5. The highest BCUT2D eigenvalue weighted by atomic mass is 32.1. The predicted molar refractivity (Wildman–Crippen MR) is 76.7 cm³/mol. The average Bonchev–Trinajstić information content (AvgIpc) is 2.89. The van der Waals surface area contributed by atoms with Crippen LogP contribution in [0, 0.1) is 6.92 Å². The van der Waals surface area contributed by atoms with Crippen molar-refractivity contribution in [2.45, 2.75) is 13.5 Å². The van der Waals surface area contributed by atoms with Gasteiger partial charge in [-0.1, -0.05) is 5.16 Å². The first kappa shape index (κ1) is 14.1. The number of amidine groups is 1. The molecule has 0 atom stereocenters. The van der Waals surface area contributed by atoms with Crippen molar-refractivity contribution in [2.75, 3.05) is 7.11 Å². The molecule has 0 saturated heterocycles. The van der Waals surface area contributed by atoms with Crippen molar-refractivity contribution in [1.29, 1.82) is 0 Å². The lowest BCUT2D eigenvalue weighted by molar-refractivity contribution is 0.281. The average molecular weight is 293 g/mol. The van der Waals surface area contributed by atoms with Crippen molar-refractivity contribution in [3.05, 3.63) is 39.8 Å². The van der Waals surface area contributed by atoms with E-state index in [4.69, 9.17) is 20.4 Å². The Morgan fingerprint density at radius 1 is 1.45 bits per heavy atom. The smallest absolute Gasteiger partial charge is 0.170 e. The highest BCUT2D eigenvalue weighted by molar-refractivity contribution is 7.09. The van der Waals surface area contributed by atoms with Crippen molar-refractivity contribution in [2.24, 2.45) is 10.9 Å². The van der Waals surface area contributed by atoms with Crippen LogP contribution >= 0.6 is 11.3 Å². The van der Waals surface area contributed by atoms with Crippen LogP contribution in [0.25, 0.3) is 0 Å². The molecule has 0 aliphatic carbocycles. The summed E-state index contributed by atoms with van der Waals surface area (Å²) in [7, 11) is 1.53. The fraction of sp³-hybridized carbons (Fsp3) is 0.231. The number of hydrogen-bond donors (Lipinski definition) is 2. The van der Waals surface area contributed by atoms with Gasteiger partial charge in [0.2, 0.25) is 0 Å². The summed E-state index contributed by atoms with van der Waals surface area (Å²) in [5.74, 6) is 1.11. The van der Waals surface area contributed by atoms with E-state index in [-0.39, 0.29) is 5.84 Å². The number of thiazole rings is 1. The molecule has 1 aromatic carbocycles. The lowest BCUT2D eigenvalue weighted by atomic mass is 10.2. The monoisotopic (exact) mass is 293 g/mol. The summed E-state index contributed by atoms with van der Waals surface area (Å²) < 4.78 is 10.9. The highest BCUT2D eigenvalue weighted by Crippen LogP contribution is 2.28. The van der Waals surface area contributed by atoms with Crippen LogP contribution in [0.5, 0.6) is 11.5 Å². The minimum absolute atomic E-state index is 0.0185. The summed E-state index contributed by atoms with van der Waals surface area (Å²) in [6, 6.07) is 5.06. The Labute approximate surface area is 120 Å². The summed E-state index contributed by atoms with van der Waals surface area (Å²) in [4.78, 5) is 4.32. The molecular formula is C13H15N3O3S. The second-order valence-corrected chi connectivity index (χ2v) is 5.06. The van der Waals surface area contributed by atoms with Gasteiger partial charge in [0.1, 0.15) is 6.61 Å². The molecule has 0 amide bonds. The number of aromatic nitrogens is 1. The molecule has 1 heterocycles. The van der Waals surface area contributed by atoms with Crippen LogP contribution in [0.3, 0.4) is 0 Å². The van der Waals surface area contributed by atoms with Gasteiger partial charge in [-0.3, -0.25) is 0 Å². The summed E-state index contributed by atoms with van der Waals surface area (Å²) in [5.41, 5.74) is 6.96. The number of methoxy groups -OCH3 is 1. The van der Waals surface area contributed by atoms with E-state index in [9.17, 15) is 0 Å². The summed E-state index contributed by atoms with van der Waals surface area (Å²) >= 11 is 1.58. The van der Waals surface area contributed by atoms with Gasteiger partial charge in [0.15, 0.2) is 17.3 Å². The van der Waals surface area contributed by atoms with E-state index in [0.717, 1.165) is 10.7 Å². The van der Waals surface area contributed by atoms with Gasteiger partial charge in [0.05, 0.1) is 17.8 Å². The second-order valence-electron chi connectivity index (χ2n) is 4.00. The standard InChI is InChI=1S/C13H15N3O3S/c1-8-15-10(7-20-8)6-19-11-4-3-9(13(14)16-17)5-12(11)18-2/h3-5,7,17H,6H2,1-2H3,(H2,14,16). The second kappa shape index (κ2) is 6.25. The Hall–Kier alpha value is -2.28. The lowest BCUT2D eigenvalue weighted by Gasteiger charge is -2.11. The predicted octanol–water partition coefficient (Wildman–Crippen LogP) is 2.13. The third-order valence-electron chi connectivity index (χ3n) is 2.61. The van der Waals surface area contributed by atoms with Gasteiger partial charge in [0, 0.05) is 10.9 Å². The minimum Gasteiger partial charge on any atom is -0.493 e. The number of aryl methyl sites for hydroxylation is 1. The number of rotatable bonds is 5. The molecular weight excluding hydrogens is 278 g/mol. The Balaban J connectivity index is 2.15. The van der Waals surface area contributed by atoms with Gasteiger partial charge in [-0.15, -0.1) is 11.3 Å². The largest absolute Gasteiger partial charge is 0.493 e. The zero-order valence-electron chi connectivity index (χ0n) is 11.2. The molecule has 0 radical (unpaired) electrons. The molecule has 20 heavy (non-hydrogen) atoms.